The molecule has 1 aliphatic heterocycles. The molecule has 1 atom stereocenters. The van der Waals surface area contributed by atoms with Gasteiger partial charge in [-0.2, -0.15) is 0 Å². The van der Waals surface area contributed by atoms with E-state index in [1.807, 2.05) is 37.3 Å². The fraction of sp³-hybridized carbons (Fsp3) is 0.433. The van der Waals surface area contributed by atoms with E-state index in [1.165, 1.54) is 0 Å². The minimum absolute atomic E-state index is 0.00624. The van der Waals surface area contributed by atoms with E-state index in [-0.39, 0.29) is 48.4 Å². The van der Waals surface area contributed by atoms with Gasteiger partial charge in [-0.05, 0) is 71.3 Å². The summed E-state index contributed by atoms with van der Waals surface area (Å²) in [5.41, 5.74) is 2.48. The van der Waals surface area contributed by atoms with Crippen LogP contribution in [0.3, 0.4) is 0 Å². The number of aromatic nitrogens is 2. The van der Waals surface area contributed by atoms with Crippen LogP contribution in [0, 0.1) is 0 Å². The molecular formula is C30H33BrClN3O4. The molecule has 2 aliphatic rings. The first kappa shape index (κ1) is 27.9. The van der Waals surface area contributed by atoms with Crippen LogP contribution in [-0.4, -0.2) is 45.5 Å². The summed E-state index contributed by atoms with van der Waals surface area (Å²) in [6.45, 7) is 2.96. The highest BCUT2D eigenvalue weighted by Gasteiger charge is 2.35. The zero-order valence-electron chi connectivity index (χ0n) is 22.2. The number of ether oxygens (including phenoxy) is 1. The Bertz CT molecular complexity index is 1430. The zero-order chi connectivity index (χ0) is 27.7. The fourth-order valence-electron chi connectivity index (χ4n) is 5.91. The van der Waals surface area contributed by atoms with Crippen molar-refractivity contribution < 1.29 is 14.3 Å². The molecule has 2 heterocycles. The molecule has 7 nitrogen and oxygen atoms in total. The lowest BCUT2D eigenvalue weighted by atomic mass is 9.91. The van der Waals surface area contributed by atoms with E-state index in [0.29, 0.717) is 39.5 Å². The number of nitrogens with zero attached hydrogens (tertiary/aromatic N) is 3. The highest BCUT2D eigenvalue weighted by Crippen LogP contribution is 2.33. The van der Waals surface area contributed by atoms with E-state index < -0.39 is 0 Å². The highest BCUT2D eigenvalue weighted by atomic mass is 79.9. The Morgan fingerprint density at radius 3 is 2.46 bits per heavy atom. The standard InChI is InChI=1S/C30H33BrClN3O4/c1-19(20-6-4-3-5-7-20)16-27(36)28-26-18-33(29(37)21-8-13-24(31)25(32)17-21)14-15-34(26)30(38)35(28)22-9-11-23(39-2)12-10-22/h3-8,13,17,19,22-23H,9-12,14-16,18H2,1-2H3/t19-,22?,23?/m0/s1. The monoisotopic (exact) mass is 613 g/mol. The zero-order valence-corrected chi connectivity index (χ0v) is 24.6. The third kappa shape index (κ3) is 5.65. The summed E-state index contributed by atoms with van der Waals surface area (Å²) in [6, 6.07) is 15.0. The Morgan fingerprint density at radius 1 is 1.08 bits per heavy atom. The van der Waals surface area contributed by atoms with Crippen LogP contribution in [0.5, 0.6) is 0 Å². The van der Waals surface area contributed by atoms with Crippen molar-refractivity contribution in [3.63, 3.8) is 0 Å². The Balaban J connectivity index is 1.50. The molecule has 1 saturated carbocycles. The molecule has 1 fully saturated rings. The average molecular weight is 615 g/mol. The maximum Gasteiger partial charge on any atom is 0.329 e. The average Bonchev–Trinajstić information content (AvgIpc) is 3.26. The van der Waals surface area contributed by atoms with Crippen molar-refractivity contribution in [3.05, 3.63) is 91.0 Å². The molecule has 0 bridgehead atoms. The number of amides is 1. The number of Topliss-reactive ketones (excluding diaryl/α,β-unsaturated/α-hetero) is 1. The number of hydrogen-bond acceptors (Lipinski definition) is 4. The Morgan fingerprint density at radius 2 is 1.79 bits per heavy atom. The molecule has 1 aliphatic carbocycles. The van der Waals surface area contributed by atoms with Crippen LogP contribution in [0.4, 0.5) is 0 Å². The molecule has 9 heteroatoms. The van der Waals surface area contributed by atoms with Gasteiger partial charge in [-0.1, -0.05) is 48.9 Å². The SMILES string of the molecule is COC1CCC(n2c(C(=O)C[C@H](C)c3ccccc3)c3n(c2=O)CCN(C(=O)c2ccc(Br)c(Cl)c2)C3)CC1. The summed E-state index contributed by atoms with van der Waals surface area (Å²) in [7, 11) is 1.72. The number of benzene rings is 2. The Kier molecular flexibility index (Phi) is 8.45. The number of ketones is 1. The summed E-state index contributed by atoms with van der Waals surface area (Å²) < 4.78 is 9.72. The van der Waals surface area contributed by atoms with Crippen LogP contribution in [0.15, 0.2) is 57.8 Å². The number of methoxy groups -OCH3 is 1. The smallest absolute Gasteiger partial charge is 0.329 e. The molecular weight excluding hydrogens is 582 g/mol. The summed E-state index contributed by atoms with van der Waals surface area (Å²) in [6.07, 6.45) is 3.70. The predicted molar refractivity (Wildman–Crippen MR) is 155 cm³/mol. The van der Waals surface area contributed by atoms with E-state index in [0.717, 1.165) is 31.2 Å². The van der Waals surface area contributed by atoms with Gasteiger partial charge in [0, 0.05) is 42.7 Å². The molecule has 3 aromatic rings. The molecule has 206 valence electrons. The summed E-state index contributed by atoms with van der Waals surface area (Å²) in [5, 5.41) is 0.457. The molecule has 0 N–H and O–H groups in total. The molecule has 39 heavy (non-hydrogen) atoms. The van der Waals surface area contributed by atoms with Gasteiger partial charge in [-0.15, -0.1) is 0 Å². The third-order valence-corrected chi connectivity index (χ3v) is 9.36. The lowest BCUT2D eigenvalue weighted by Gasteiger charge is -2.29. The second-order valence-electron chi connectivity index (χ2n) is 10.6. The summed E-state index contributed by atoms with van der Waals surface area (Å²) in [5.74, 6) is -0.243. The van der Waals surface area contributed by atoms with Gasteiger partial charge >= 0.3 is 5.69 Å². The van der Waals surface area contributed by atoms with E-state index in [1.54, 1.807) is 39.3 Å². The van der Waals surface area contributed by atoms with Crippen molar-refractivity contribution in [3.8, 4) is 0 Å². The van der Waals surface area contributed by atoms with Gasteiger partial charge < -0.3 is 9.64 Å². The highest BCUT2D eigenvalue weighted by molar-refractivity contribution is 9.10. The molecule has 0 radical (unpaired) electrons. The number of halogens is 2. The first-order valence-electron chi connectivity index (χ1n) is 13.5. The van der Waals surface area contributed by atoms with Crippen LogP contribution in [0.25, 0.3) is 0 Å². The van der Waals surface area contributed by atoms with Crippen LogP contribution in [-0.2, 0) is 17.8 Å². The second kappa shape index (κ2) is 11.8. The minimum atomic E-state index is -0.174. The van der Waals surface area contributed by atoms with Crippen molar-refractivity contribution >= 4 is 39.2 Å². The topological polar surface area (TPSA) is 73.5 Å². The number of hydrogen-bond donors (Lipinski definition) is 0. The van der Waals surface area contributed by atoms with Crippen LogP contribution >= 0.6 is 27.5 Å². The third-order valence-electron chi connectivity index (χ3n) is 8.13. The van der Waals surface area contributed by atoms with Gasteiger partial charge in [-0.25, -0.2) is 4.79 Å². The second-order valence-corrected chi connectivity index (χ2v) is 11.8. The van der Waals surface area contributed by atoms with Gasteiger partial charge in [0.15, 0.2) is 5.78 Å². The van der Waals surface area contributed by atoms with Gasteiger partial charge in [0.2, 0.25) is 0 Å². The molecule has 0 unspecified atom stereocenters. The van der Waals surface area contributed by atoms with E-state index in [2.05, 4.69) is 15.9 Å². The molecule has 1 aromatic heterocycles. The normalized spacial score (nSPS) is 19.9. The number of rotatable bonds is 7. The summed E-state index contributed by atoms with van der Waals surface area (Å²) >= 11 is 9.63. The van der Waals surface area contributed by atoms with Crippen molar-refractivity contribution in [2.24, 2.45) is 0 Å². The number of carbonyl (C=O) groups is 2. The van der Waals surface area contributed by atoms with Crippen molar-refractivity contribution in [1.82, 2.24) is 14.0 Å². The van der Waals surface area contributed by atoms with Crippen molar-refractivity contribution in [1.29, 1.82) is 0 Å². The maximum atomic E-state index is 14.0. The Labute approximate surface area is 241 Å². The summed E-state index contributed by atoms with van der Waals surface area (Å²) in [4.78, 5) is 42.9. The first-order chi connectivity index (χ1) is 18.8. The number of fused-ring (bicyclic) bond motifs is 1. The van der Waals surface area contributed by atoms with E-state index in [4.69, 9.17) is 16.3 Å². The largest absolute Gasteiger partial charge is 0.381 e. The van der Waals surface area contributed by atoms with Crippen molar-refractivity contribution in [2.75, 3.05) is 13.7 Å². The minimum Gasteiger partial charge on any atom is -0.381 e. The van der Waals surface area contributed by atoms with E-state index >= 15 is 0 Å². The fourth-order valence-corrected chi connectivity index (χ4v) is 6.34. The van der Waals surface area contributed by atoms with Gasteiger partial charge in [-0.3, -0.25) is 18.7 Å². The van der Waals surface area contributed by atoms with E-state index in [9.17, 15) is 14.4 Å². The molecule has 0 saturated heterocycles. The number of imidazole rings is 1. The Hall–Kier alpha value is -2.68. The van der Waals surface area contributed by atoms with Gasteiger partial charge in [0.25, 0.3) is 5.91 Å². The first-order valence-corrected chi connectivity index (χ1v) is 14.6. The molecule has 1 amide bonds. The quantitative estimate of drug-likeness (QED) is 0.296. The lowest BCUT2D eigenvalue weighted by Crippen LogP contribution is -2.41. The molecule has 5 rings (SSSR count). The molecule has 0 spiro atoms. The predicted octanol–water partition coefficient (Wildman–Crippen LogP) is 6.23. The number of carbonyl (C=O) groups excluding carboxylic acids is 2. The van der Waals surface area contributed by atoms with Crippen LogP contribution < -0.4 is 5.69 Å². The lowest BCUT2D eigenvalue weighted by molar-refractivity contribution is 0.0574. The van der Waals surface area contributed by atoms with Crippen molar-refractivity contribution in [2.45, 2.75) is 70.2 Å². The van der Waals surface area contributed by atoms with Gasteiger partial charge in [0.1, 0.15) is 5.69 Å². The maximum absolute atomic E-state index is 14.0. The van der Waals surface area contributed by atoms with Crippen LogP contribution in [0.1, 0.15) is 83.1 Å². The van der Waals surface area contributed by atoms with Gasteiger partial charge in [0.05, 0.1) is 23.4 Å². The molecule has 2 aromatic carbocycles. The van der Waals surface area contributed by atoms with Crippen LogP contribution in [0.2, 0.25) is 5.02 Å².